The van der Waals surface area contributed by atoms with Gasteiger partial charge in [-0.25, -0.2) is 4.98 Å². The number of aromatic nitrogens is 2. The summed E-state index contributed by atoms with van der Waals surface area (Å²) in [7, 11) is 4.00. The minimum Gasteiger partial charge on any atom is -0.354 e. The minimum absolute atomic E-state index is 0.0893. The first-order valence-corrected chi connectivity index (χ1v) is 7.71. The fourth-order valence-corrected chi connectivity index (χ4v) is 2.83. The van der Waals surface area contributed by atoms with Crippen LogP contribution in [-0.2, 0) is 17.9 Å². The molecule has 118 valence electrons. The highest BCUT2D eigenvalue weighted by atomic mass is 16.2. The zero-order valence-corrected chi connectivity index (χ0v) is 13.2. The molecule has 22 heavy (non-hydrogen) atoms. The van der Waals surface area contributed by atoms with Gasteiger partial charge in [0.05, 0.1) is 24.1 Å². The average Bonchev–Trinajstić information content (AvgIpc) is 2.84. The Morgan fingerprint density at radius 2 is 2.14 bits per heavy atom. The number of nitrogens with one attached hydrogen (secondary N) is 1. The van der Waals surface area contributed by atoms with Crippen molar-refractivity contribution in [3.63, 3.8) is 0 Å². The third kappa shape index (κ3) is 3.28. The van der Waals surface area contributed by atoms with Crippen LogP contribution in [-0.4, -0.2) is 65.5 Å². The second-order valence-corrected chi connectivity index (χ2v) is 6.03. The molecule has 0 fully saturated rings. The van der Waals surface area contributed by atoms with Crippen LogP contribution >= 0.6 is 0 Å². The molecule has 0 radical (unpaired) electrons. The number of hydrogen-bond acceptors (Lipinski definition) is 4. The van der Waals surface area contributed by atoms with Crippen molar-refractivity contribution in [2.75, 3.05) is 40.3 Å². The minimum atomic E-state index is 0.0893. The van der Waals surface area contributed by atoms with E-state index in [1.54, 1.807) is 0 Å². The molecule has 2 aromatic rings. The van der Waals surface area contributed by atoms with E-state index in [-0.39, 0.29) is 5.91 Å². The van der Waals surface area contributed by atoms with Gasteiger partial charge in [0.25, 0.3) is 0 Å². The molecule has 6 nitrogen and oxygen atoms in total. The van der Waals surface area contributed by atoms with Crippen LogP contribution in [0.4, 0.5) is 0 Å². The number of hydrogen-bond donors (Lipinski definition) is 1. The van der Waals surface area contributed by atoms with Gasteiger partial charge in [0.2, 0.25) is 5.91 Å². The first-order valence-electron chi connectivity index (χ1n) is 7.71. The zero-order chi connectivity index (χ0) is 15.5. The van der Waals surface area contributed by atoms with Gasteiger partial charge in [-0.05, 0) is 26.2 Å². The van der Waals surface area contributed by atoms with Gasteiger partial charge in [-0.15, -0.1) is 0 Å². The SMILES string of the molecule is CN(C)CCNC(=O)CN1CCn2c(nc3ccccc32)C1. The number of para-hydroxylation sites is 2. The van der Waals surface area contributed by atoms with Crippen LogP contribution < -0.4 is 5.32 Å². The molecular formula is C16H23N5O. The van der Waals surface area contributed by atoms with E-state index in [0.29, 0.717) is 13.1 Å². The number of carbonyl (C=O) groups excluding carboxylic acids is 1. The highest BCUT2D eigenvalue weighted by Crippen LogP contribution is 2.20. The topological polar surface area (TPSA) is 53.4 Å². The number of imidazole rings is 1. The Morgan fingerprint density at radius 1 is 1.32 bits per heavy atom. The van der Waals surface area contributed by atoms with E-state index in [2.05, 4.69) is 30.7 Å². The number of nitrogens with zero attached hydrogens (tertiary/aromatic N) is 4. The maximum atomic E-state index is 12.0. The smallest absolute Gasteiger partial charge is 0.234 e. The molecule has 1 amide bonds. The molecule has 1 N–H and O–H groups in total. The molecular weight excluding hydrogens is 278 g/mol. The molecule has 0 saturated heterocycles. The summed E-state index contributed by atoms with van der Waals surface area (Å²) in [4.78, 5) is 20.9. The third-order valence-corrected chi connectivity index (χ3v) is 3.99. The van der Waals surface area contributed by atoms with E-state index in [9.17, 15) is 4.79 Å². The van der Waals surface area contributed by atoms with Crippen molar-refractivity contribution in [2.45, 2.75) is 13.1 Å². The lowest BCUT2D eigenvalue weighted by Gasteiger charge is -2.27. The molecule has 0 unspecified atom stereocenters. The Bertz CT molecular complexity index is 664. The summed E-state index contributed by atoms with van der Waals surface area (Å²) in [5.74, 6) is 1.14. The second-order valence-electron chi connectivity index (χ2n) is 6.03. The lowest BCUT2D eigenvalue weighted by Crippen LogP contribution is -2.42. The summed E-state index contributed by atoms with van der Waals surface area (Å²) < 4.78 is 2.26. The Kier molecular flexibility index (Phi) is 4.40. The van der Waals surface area contributed by atoms with E-state index < -0.39 is 0 Å². The third-order valence-electron chi connectivity index (χ3n) is 3.99. The molecule has 3 rings (SSSR count). The normalized spacial score (nSPS) is 15.2. The summed E-state index contributed by atoms with van der Waals surface area (Å²) in [6.45, 7) is 4.50. The van der Waals surface area contributed by atoms with Gasteiger partial charge in [-0.2, -0.15) is 0 Å². The van der Waals surface area contributed by atoms with Crippen molar-refractivity contribution in [3.8, 4) is 0 Å². The summed E-state index contributed by atoms with van der Waals surface area (Å²) in [6, 6.07) is 8.20. The number of fused-ring (bicyclic) bond motifs is 3. The molecule has 1 aromatic heterocycles. The zero-order valence-electron chi connectivity index (χ0n) is 13.2. The maximum Gasteiger partial charge on any atom is 0.234 e. The van der Waals surface area contributed by atoms with Crippen LogP contribution in [0.15, 0.2) is 24.3 Å². The van der Waals surface area contributed by atoms with E-state index in [1.807, 2.05) is 32.3 Å². The average molecular weight is 301 g/mol. The number of rotatable bonds is 5. The molecule has 1 aliphatic rings. The Hall–Kier alpha value is -1.92. The van der Waals surface area contributed by atoms with Crippen molar-refractivity contribution in [3.05, 3.63) is 30.1 Å². The molecule has 0 aliphatic carbocycles. The number of likely N-dealkylation sites (N-methyl/N-ethyl adjacent to an activating group) is 1. The van der Waals surface area contributed by atoms with Crippen molar-refractivity contribution >= 4 is 16.9 Å². The summed E-state index contributed by atoms with van der Waals surface area (Å²) >= 11 is 0. The summed E-state index contributed by atoms with van der Waals surface area (Å²) in [6.07, 6.45) is 0. The maximum absolute atomic E-state index is 12.0. The molecule has 0 bridgehead atoms. The van der Waals surface area contributed by atoms with E-state index in [0.717, 1.165) is 37.5 Å². The van der Waals surface area contributed by atoms with Crippen molar-refractivity contribution < 1.29 is 4.79 Å². The van der Waals surface area contributed by atoms with Gasteiger partial charge < -0.3 is 14.8 Å². The Morgan fingerprint density at radius 3 is 2.95 bits per heavy atom. The van der Waals surface area contributed by atoms with Crippen LogP contribution in [0.3, 0.4) is 0 Å². The van der Waals surface area contributed by atoms with Gasteiger partial charge in [0.15, 0.2) is 0 Å². The predicted molar refractivity (Wildman–Crippen MR) is 86.6 cm³/mol. The van der Waals surface area contributed by atoms with Gasteiger partial charge in [0, 0.05) is 26.2 Å². The first kappa shape index (κ1) is 15.0. The Balaban J connectivity index is 1.59. The van der Waals surface area contributed by atoms with Crippen LogP contribution in [0, 0.1) is 0 Å². The van der Waals surface area contributed by atoms with E-state index >= 15 is 0 Å². The highest BCUT2D eigenvalue weighted by molar-refractivity contribution is 5.78. The molecule has 2 heterocycles. The molecule has 0 saturated carbocycles. The van der Waals surface area contributed by atoms with Crippen LogP contribution in [0.25, 0.3) is 11.0 Å². The largest absolute Gasteiger partial charge is 0.354 e. The number of benzene rings is 1. The van der Waals surface area contributed by atoms with Gasteiger partial charge in [-0.3, -0.25) is 9.69 Å². The lowest BCUT2D eigenvalue weighted by atomic mass is 10.3. The lowest BCUT2D eigenvalue weighted by molar-refractivity contribution is -0.122. The predicted octanol–water partition coefficient (Wildman–Crippen LogP) is 0.530. The fraction of sp³-hybridized carbons (Fsp3) is 0.500. The number of amides is 1. The van der Waals surface area contributed by atoms with Crippen LogP contribution in [0.2, 0.25) is 0 Å². The van der Waals surface area contributed by atoms with Crippen LogP contribution in [0.1, 0.15) is 5.82 Å². The molecule has 0 atom stereocenters. The van der Waals surface area contributed by atoms with Crippen molar-refractivity contribution in [2.24, 2.45) is 0 Å². The molecule has 1 aromatic carbocycles. The monoisotopic (exact) mass is 301 g/mol. The highest BCUT2D eigenvalue weighted by Gasteiger charge is 2.21. The van der Waals surface area contributed by atoms with Crippen molar-refractivity contribution in [1.82, 2.24) is 24.7 Å². The van der Waals surface area contributed by atoms with E-state index in [4.69, 9.17) is 0 Å². The standard InChI is InChI=1S/C16H23N5O/c1-19(2)8-7-17-16(22)12-20-9-10-21-14-6-4-3-5-13(14)18-15(21)11-20/h3-6H,7-12H2,1-2H3,(H,17,22). The molecule has 0 spiro atoms. The molecule has 6 heteroatoms. The van der Waals surface area contributed by atoms with Gasteiger partial charge in [-0.1, -0.05) is 12.1 Å². The second kappa shape index (κ2) is 6.46. The molecule has 1 aliphatic heterocycles. The summed E-state index contributed by atoms with van der Waals surface area (Å²) in [5, 5.41) is 2.96. The fourth-order valence-electron chi connectivity index (χ4n) is 2.83. The van der Waals surface area contributed by atoms with Gasteiger partial charge >= 0.3 is 0 Å². The summed E-state index contributed by atoms with van der Waals surface area (Å²) in [5.41, 5.74) is 2.22. The van der Waals surface area contributed by atoms with Crippen LogP contribution in [0.5, 0.6) is 0 Å². The quantitative estimate of drug-likeness (QED) is 0.875. The van der Waals surface area contributed by atoms with Gasteiger partial charge in [0.1, 0.15) is 5.82 Å². The van der Waals surface area contributed by atoms with Crippen molar-refractivity contribution in [1.29, 1.82) is 0 Å². The number of carbonyl (C=O) groups is 1. The first-order chi connectivity index (χ1) is 10.6. The Labute approximate surface area is 130 Å². The van der Waals surface area contributed by atoms with E-state index in [1.165, 1.54) is 5.52 Å².